The van der Waals surface area contributed by atoms with Gasteiger partial charge in [0.15, 0.2) is 0 Å². The van der Waals surface area contributed by atoms with Gasteiger partial charge in [0, 0.05) is 11.1 Å². The second-order valence-corrected chi connectivity index (χ2v) is 6.65. The van der Waals surface area contributed by atoms with Gasteiger partial charge in [-0.25, -0.2) is 9.67 Å². The van der Waals surface area contributed by atoms with Crippen LogP contribution >= 0.6 is 11.6 Å². The summed E-state index contributed by atoms with van der Waals surface area (Å²) in [6.45, 7) is 1.71. The number of hydrogen-bond acceptors (Lipinski definition) is 4. The van der Waals surface area contributed by atoms with Gasteiger partial charge >= 0.3 is 6.18 Å². The van der Waals surface area contributed by atoms with E-state index < -0.39 is 17.6 Å². The molecule has 152 valence electrons. The van der Waals surface area contributed by atoms with Gasteiger partial charge in [0.2, 0.25) is 5.91 Å². The molecule has 0 saturated heterocycles. The van der Waals surface area contributed by atoms with E-state index in [2.05, 4.69) is 20.7 Å². The Bertz CT molecular complexity index is 992. The number of alkyl halides is 3. The number of hydrogen-bond donors (Lipinski definition) is 2. The number of carbonyl (C=O) groups excluding carboxylic acids is 1. The number of benzene rings is 2. The third-order valence-corrected chi connectivity index (χ3v) is 4.55. The Labute approximate surface area is 169 Å². The smallest absolute Gasteiger partial charge is 0.323 e. The van der Waals surface area contributed by atoms with Gasteiger partial charge in [0.25, 0.3) is 0 Å². The minimum Gasteiger partial charge on any atom is -0.323 e. The number of rotatable bonds is 6. The van der Waals surface area contributed by atoms with Crippen molar-refractivity contribution in [3.05, 3.63) is 71.3 Å². The van der Waals surface area contributed by atoms with Gasteiger partial charge in [-0.05, 0) is 36.8 Å². The first kappa shape index (κ1) is 20.8. The lowest BCUT2D eigenvalue weighted by molar-refractivity contribution is -0.137. The molecule has 0 aliphatic carbocycles. The maximum absolute atomic E-state index is 13.1. The van der Waals surface area contributed by atoms with Crippen LogP contribution in [0.5, 0.6) is 0 Å². The first-order valence-corrected chi connectivity index (χ1v) is 8.97. The first-order chi connectivity index (χ1) is 13.8. The molecule has 0 aliphatic heterocycles. The zero-order valence-corrected chi connectivity index (χ0v) is 16.0. The van der Waals surface area contributed by atoms with Crippen molar-refractivity contribution in [2.45, 2.75) is 19.1 Å². The minimum absolute atomic E-state index is 0.0254. The summed E-state index contributed by atoms with van der Waals surface area (Å²) in [5.41, 5.74) is 0.170. The van der Waals surface area contributed by atoms with Crippen LogP contribution in [0, 0.1) is 0 Å². The van der Waals surface area contributed by atoms with Crippen molar-refractivity contribution in [1.29, 1.82) is 0 Å². The second kappa shape index (κ2) is 8.62. The average Bonchev–Trinajstić information content (AvgIpc) is 3.20. The van der Waals surface area contributed by atoms with Gasteiger partial charge in [0.05, 0.1) is 23.5 Å². The summed E-state index contributed by atoms with van der Waals surface area (Å²) in [7, 11) is 0. The summed E-state index contributed by atoms with van der Waals surface area (Å²) >= 11 is 6.14. The predicted molar refractivity (Wildman–Crippen MR) is 103 cm³/mol. The third kappa shape index (κ3) is 5.12. The summed E-state index contributed by atoms with van der Waals surface area (Å²) in [6.07, 6.45) is -1.97. The first-order valence-electron chi connectivity index (χ1n) is 8.59. The molecule has 0 aliphatic rings. The quantitative estimate of drug-likeness (QED) is 0.622. The van der Waals surface area contributed by atoms with E-state index >= 15 is 0 Å². The van der Waals surface area contributed by atoms with Crippen LogP contribution in [0.4, 0.5) is 18.9 Å². The second-order valence-electron chi connectivity index (χ2n) is 6.24. The van der Waals surface area contributed by atoms with Gasteiger partial charge < -0.3 is 10.6 Å². The molecule has 2 aromatic carbocycles. The van der Waals surface area contributed by atoms with Crippen molar-refractivity contribution in [2.75, 3.05) is 11.9 Å². The Morgan fingerprint density at radius 1 is 1.24 bits per heavy atom. The summed E-state index contributed by atoms with van der Waals surface area (Å²) < 4.78 is 40.5. The van der Waals surface area contributed by atoms with Crippen molar-refractivity contribution in [3.8, 4) is 5.69 Å². The summed E-state index contributed by atoms with van der Waals surface area (Å²) in [5, 5.41) is 9.98. The highest BCUT2D eigenvalue weighted by molar-refractivity contribution is 6.31. The standard InChI is InChI=1S/C19H17ClF3N5O/c1-12(14-4-2-3-5-15(14)20)25-9-18(29)27-16-8-13(19(21,22)23)6-7-17(16)28-11-24-10-26-28/h2-8,10-12,25H,9H2,1H3,(H,27,29)/t12-/m0/s1. The lowest BCUT2D eigenvalue weighted by atomic mass is 10.1. The van der Waals surface area contributed by atoms with E-state index in [1.54, 1.807) is 12.1 Å². The zero-order valence-electron chi connectivity index (χ0n) is 15.2. The molecule has 1 heterocycles. The van der Waals surface area contributed by atoms with Crippen molar-refractivity contribution < 1.29 is 18.0 Å². The molecule has 1 atom stereocenters. The van der Waals surface area contributed by atoms with Crippen LogP contribution in [-0.2, 0) is 11.0 Å². The zero-order chi connectivity index (χ0) is 21.0. The highest BCUT2D eigenvalue weighted by Gasteiger charge is 2.31. The minimum atomic E-state index is -4.54. The van der Waals surface area contributed by atoms with Crippen molar-refractivity contribution >= 4 is 23.2 Å². The molecule has 2 N–H and O–H groups in total. The Hall–Kier alpha value is -2.91. The Morgan fingerprint density at radius 2 is 2.00 bits per heavy atom. The van der Waals surface area contributed by atoms with E-state index in [0.717, 1.165) is 17.7 Å². The highest BCUT2D eigenvalue weighted by Crippen LogP contribution is 2.33. The van der Waals surface area contributed by atoms with Crippen LogP contribution in [-0.4, -0.2) is 27.2 Å². The highest BCUT2D eigenvalue weighted by atomic mass is 35.5. The lowest BCUT2D eigenvalue weighted by Crippen LogP contribution is -2.30. The van der Waals surface area contributed by atoms with Gasteiger partial charge in [-0.3, -0.25) is 4.79 Å². The predicted octanol–water partition coefficient (Wildman–Crippen LogP) is 4.23. The molecule has 0 unspecified atom stereocenters. The molecule has 0 spiro atoms. The molecule has 29 heavy (non-hydrogen) atoms. The topological polar surface area (TPSA) is 71.8 Å². The number of carbonyl (C=O) groups is 1. The maximum atomic E-state index is 13.1. The Balaban J connectivity index is 1.76. The number of nitrogens with zero attached hydrogens (tertiary/aromatic N) is 3. The molecule has 3 rings (SSSR count). The summed E-state index contributed by atoms with van der Waals surface area (Å²) in [6, 6.07) is 9.97. The molecule has 0 radical (unpaired) electrons. The van der Waals surface area contributed by atoms with Gasteiger partial charge in [-0.1, -0.05) is 29.8 Å². The van der Waals surface area contributed by atoms with Gasteiger partial charge in [-0.2, -0.15) is 18.3 Å². The van der Waals surface area contributed by atoms with E-state index in [4.69, 9.17) is 11.6 Å². The van der Waals surface area contributed by atoms with Crippen LogP contribution in [0.1, 0.15) is 24.1 Å². The van der Waals surface area contributed by atoms with E-state index in [-0.39, 0.29) is 24.0 Å². The van der Waals surface area contributed by atoms with Gasteiger partial charge in [-0.15, -0.1) is 0 Å². The van der Waals surface area contributed by atoms with Gasteiger partial charge in [0.1, 0.15) is 12.7 Å². The van der Waals surface area contributed by atoms with Crippen LogP contribution in [0.15, 0.2) is 55.1 Å². The summed E-state index contributed by atoms with van der Waals surface area (Å²) in [5.74, 6) is -0.510. The van der Waals surface area contributed by atoms with E-state index in [1.165, 1.54) is 23.4 Å². The van der Waals surface area contributed by atoms with E-state index in [9.17, 15) is 18.0 Å². The number of nitrogens with one attached hydrogen (secondary N) is 2. The van der Waals surface area contributed by atoms with E-state index in [0.29, 0.717) is 5.02 Å². The molecular formula is C19H17ClF3N5O. The van der Waals surface area contributed by atoms with Crippen molar-refractivity contribution in [1.82, 2.24) is 20.1 Å². The molecular weight excluding hydrogens is 407 g/mol. The average molecular weight is 424 g/mol. The SMILES string of the molecule is C[C@H](NCC(=O)Nc1cc(C(F)(F)F)ccc1-n1cncn1)c1ccccc1Cl. The van der Waals surface area contributed by atoms with Crippen LogP contribution in [0.25, 0.3) is 5.69 Å². The molecule has 0 bridgehead atoms. The van der Waals surface area contributed by atoms with Crippen LogP contribution < -0.4 is 10.6 Å². The normalized spacial score (nSPS) is 12.6. The van der Waals surface area contributed by atoms with Crippen LogP contribution in [0.2, 0.25) is 5.02 Å². The van der Waals surface area contributed by atoms with Crippen molar-refractivity contribution in [2.24, 2.45) is 0 Å². The third-order valence-electron chi connectivity index (χ3n) is 4.20. The molecule has 0 saturated carbocycles. The molecule has 10 heteroatoms. The summed E-state index contributed by atoms with van der Waals surface area (Å²) in [4.78, 5) is 16.2. The maximum Gasteiger partial charge on any atom is 0.416 e. The fourth-order valence-corrected chi connectivity index (χ4v) is 3.02. The molecule has 6 nitrogen and oxygen atoms in total. The monoisotopic (exact) mass is 423 g/mol. The van der Waals surface area contributed by atoms with Crippen molar-refractivity contribution in [3.63, 3.8) is 0 Å². The molecule has 1 aromatic heterocycles. The number of halogens is 4. The molecule has 0 fully saturated rings. The molecule has 1 amide bonds. The lowest BCUT2D eigenvalue weighted by Gasteiger charge is -2.17. The Kier molecular flexibility index (Phi) is 6.19. The number of aromatic nitrogens is 3. The molecule has 3 aromatic rings. The number of amides is 1. The fraction of sp³-hybridized carbons (Fsp3) is 0.211. The fourth-order valence-electron chi connectivity index (χ4n) is 2.72. The largest absolute Gasteiger partial charge is 0.416 e. The Morgan fingerprint density at radius 3 is 2.66 bits per heavy atom. The van der Waals surface area contributed by atoms with E-state index in [1.807, 2.05) is 19.1 Å². The van der Waals surface area contributed by atoms with Crippen LogP contribution in [0.3, 0.4) is 0 Å². The number of anilines is 1.